The molecule has 1 saturated carbocycles. The smallest absolute Gasteiger partial charge is 0.256 e. The molecule has 100 valence electrons. The zero-order chi connectivity index (χ0) is 13.4. The summed E-state index contributed by atoms with van der Waals surface area (Å²) in [5.41, 5.74) is 3.11. The van der Waals surface area contributed by atoms with Gasteiger partial charge in [0.05, 0.1) is 6.20 Å². The Morgan fingerprint density at radius 1 is 1.37 bits per heavy atom. The number of aryl methyl sites for hydroxylation is 2. The van der Waals surface area contributed by atoms with Gasteiger partial charge in [-0.25, -0.2) is 9.50 Å². The summed E-state index contributed by atoms with van der Waals surface area (Å²) in [4.78, 5) is 16.7. The number of amides is 1. The van der Waals surface area contributed by atoms with E-state index in [0.29, 0.717) is 17.3 Å². The fourth-order valence-corrected chi connectivity index (χ4v) is 2.76. The number of carbonyl (C=O) groups excluding carboxylic acids is 1. The molecule has 0 saturated heterocycles. The summed E-state index contributed by atoms with van der Waals surface area (Å²) in [5, 5.41) is 7.33. The van der Waals surface area contributed by atoms with Crippen molar-refractivity contribution in [3.63, 3.8) is 0 Å². The van der Waals surface area contributed by atoms with Crippen LogP contribution in [0.25, 0.3) is 5.65 Å². The molecule has 2 aromatic heterocycles. The molecule has 1 N–H and O–H groups in total. The van der Waals surface area contributed by atoms with Gasteiger partial charge in [-0.15, -0.1) is 0 Å². The molecular weight excluding hydrogens is 240 g/mol. The molecule has 0 aliphatic heterocycles. The third kappa shape index (κ3) is 2.20. The predicted molar refractivity (Wildman–Crippen MR) is 72.2 cm³/mol. The summed E-state index contributed by atoms with van der Waals surface area (Å²) in [5.74, 6) is -0.0561. The number of aromatic nitrogens is 3. The topological polar surface area (TPSA) is 59.3 Å². The Morgan fingerprint density at radius 2 is 2.11 bits per heavy atom. The van der Waals surface area contributed by atoms with Crippen LogP contribution in [0.4, 0.5) is 0 Å². The van der Waals surface area contributed by atoms with Gasteiger partial charge in [-0.05, 0) is 32.8 Å². The van der Waals surface area contributed by atoms with Gasteiger partial charge in [0.25, 0.3) is 5.91 Å². The monoisotopic (exact) mass is 258 g/mol. The summed E-state index contributed by atoms with van der Waals surface area (Å²) in [6.45, 7) is 3.89. The predicted octanol–water partition coefficient (Wildman–Crippen LogP) is 2.02. The highest BCUT2D eigenvalue weighted by molar-refractivity contribution is 5.99. The van der Waals surface area contributed by atoms with Crippen molar-refractivity contribution in [1.29, 1.82) is 0 Å². The van der Waals surface area contributed by atoms with E-state index < -0.39 is 0 Å². The van der Waals surface area contributed by atoms with Gasteiger partial charge in [0.15, 0.2) is 5.65 Å². The van der Waals surface area contributed by atoms with E-state index in [1.807, 2.05) is 19.9 Å². The van der Waals surface area contributed by atoms with E-state index in [4.69, 9.17) is 0 Å². The number of fused-ring (bicyclic) bond motifs is 1. The first-order valence-corrected chi connectivity index (χ1v) is 6.78. The van der Waals surface area contributed by atoms with E-state index in [2.05, 4.69) is 15.4 Å². The third-order valence-corrected chi connectivity index (χ3v) is 3.71. The molecule has 0 aromatic carbocycles. The lowest BCUT2D eigenvalue weighted by atomic mass is 10.2. The Kier molecular flexibility index (Phi) is 2.97. The fraction of sp³-hybridized carbons (Fsp3) is 0.500. The molecule has 1 fully saturated rings. The van der Waals surface area contributed by atoms with Crippen LogP contribution in [0.1, 0.15) is 47.4 Å². The maximum Gasteiger partial charge on any atom is 0.256 e. The van der Waals surface area contributed by atoms with Gasteiger partial charge < -0.3 is 5.32 Å². The van der Waals surface area contributed by atoms with Crippen LogP contribution in [0.15, 0.2) is 12.3 Å². The highest BCUT2D eigenvalue weighted by Gasteiger charge is 2.21. The van der Waals surface area contributed by atoms with E-state index in [1.165, 1.54) is 12.8 Å². The molecule has 1 aliphatic carbocycles. The number of rotatable bonds is 2. The first-order valence-electron chi connectivity index (χ1n) is 6.78. The minimum absolute atomic E-state index is 0.0561. The highest BCUT2D eigenvalue weighted by Crippen LogP contribution is 2.19. The van der Waals surface area contributed by atoms with Crippen molar-refractivity contribution in [3.05, 3.63) is 29.2 Å². The quantitative estimate of drug-likeness (QED) is 0.896. The molecule has 3 rings (SSSR count). The molecule has 0 atom stereocenters. The van der Waals surface area contributed by atoms with E-state index in [0.717, 1.165) is 24.2 Å². The minimum Gasteiger partial charge on any atom is -0.349 e. The van der Waals surface area contributed by atoms with Crippen molar-refractivity contribution >= 4 is 11.6 Å². The van der Waals surface area contributed by atoms with Crippen LogP contribution in [-0.4, -0.2) is 26.5 Å². The normalized spacial score (nSPS) is 16.1. The second kappa shape index (κ2) is 4.64. The molecule has 5 nitrogen and oxygen atoms in total. The molecule has 5 heteroatoms. The van der Waals surface area contributed by atoms with Crippen LogP contribution in [-0.2, 0) is 0 Å². The van der Waals surface area contributed by atoms with Crippen molar-refractivity contribution in [1.82, 2.24) is 19.9 Å². The van der Waals surface area contributed by atoms with Crippen LogP contribution in [0.2, 0.25) is 0 Å². The number of hydrogen-bond acceptors (Lipinski definition) is 3. The third-order valence-electron chi connectivity index (χ3n) is 3.71. The lowest BCUT2D eigenvalue weighted by Crippen LogP contribution is -2.32. The van der Waals surface area contributed by atoms with Gasteiger partial charge in [0, 0.05) is 17.4 Å². The Morgan fingerprint density at radius 3 is 2.84 bits per heavy atom. The molecule has 0 spiro atoms. The van der Waals surface area contributed by atoms with Gasteiger partial charge in [0.2, 0.25) is 0 Å². The standard InChI is InChI=1S/C14H18N4O/c1-9-7-10(2)18-13(16-9)12(8-15-18)14(19)17-11-5-3-4-6-11/h7-8,11H,3-6H2,1-2H3,(H,17,19). The van der Waals surface area contributed by atoms with Crippen LogP contribution < -0.4 is 5.32 Å². The van der Waals surface area contributed by atoms with Crippen molar-refractivity contribution < 1.29 is 4.79 Å². The zero-order valence-electron chi connectivity index (χ0n) is 11.3. The first kappa shape index (κ1) is 12.1. The molecule has 2 heterocycles. The van der Waals surface area contributed by atoms with Crippen LogP contribution >= 0.6 is 0 Å². The Labute approximate surface area is 112 Å². The Bertz CT molecular complexity index is 626. The van der Waals surface area contributed by atoms with Crippen LogP contribution in [0.3, 0.4) is 0 Å². The van der Waals surface area contributed by atoms with E-state index in [1.54, 1.807) is 10.7 Å². The largest absolute Gasteiger partial charge is 0.349 e. The Hall–Kier alpha value is -1.91. The maximum atomic E-state index is 12.3. The SMILES string of the molecule is Cc1cc(C)n2ncc(C(=O)NC3CCCC3)c2n1. The molecule has 19 heavy (non-hydrogen) atoms. The van der Waals surface area contributed by atoms with Gasteiger partial charge in [-0.3, -0.25) is 4.79 Å². The fourth-order valence-electron chi connectivity index (χ4n) is 2.76. The second-order valence-electron chi connectivity index (χ2n) is 5.29. The van der Waals surface area contributed by atoms with Gasteiger partial charge in [0.1, 0.15) is 5.56 Å². The minimum atomic E-state index is -0.0561. The first-order chi connectivity index (χ1) is 9.15. The highest BCUT2D eigenvalue weighted by atomic mass is 16.1. The zero-order valence-corrected chi connectivity index (χ0v) is 11.3. The molecule has 0 unspecified atom stereocenters. The maximum absolute atomic E-state index is 12.3. The van der Waals surface area contributed by atoms with Crippen LogP contribution in [0, 0.1) is 13.8 Å². The number of nitrogens with zero attached hydrogens (tertiary/aromatic N) is 3. The molecule has 1 aliphatic rings. The molecule has 2 aromatic rings. The number of hydrogen-bond donors (Lipinski definition) is 1. The van der Waals surface area contributed by atoms with E-state index in [-0.39, 0.29) is 5.91 Å². The molecular formula is C14H18N4O. The van der Waals surface area contributed by atoms with Crippen molar-refractivity contribution in [3.8, 4) is 0 Å². The molecule has 0 radical (unpaired) electrons. The average Bonchev–Trinajstić information content (AvgIpc) is 2.97. The Balaban J connectivity index is 1.93. The van der Waals surface area contributed by atoms with Crippen molar-refractivity contribution in [2.45, 2.75) is 45.6 Å². The summed E-state index contributed by atoms with van der Waals surface area (Å²) in [7, 11) is 0. The van der Waals surface area contributed by atoms with E-state index in [9.17, 15) is 4.79 Å². The summed E-state index contributed by atoms with van der Waals surface area (Å²) >= 11 is 0. The lowest BCUT2D eigenvalue weighted by Gasteiger charge is -2.10. The lowest BCUT2D eigenvalue weighted by molar-refractivity contribution is 0.0939. The summed E-state index contributed by atoms with van der Waals surface area (Å²) < 4.78 is 1.72. The molecule has 0 bridgehead atoms. The van der Waals surface area contributed by atoms with Crippen molar-refractivity contribution in [2.75, 3.05) is 0 Å². The molecule has 1 amide bonds. The van der Waals surface area contributed by atoms with Crippen molar-refractivity contribution in [2.24, 2.45) is 0 Å². The summed E-state index contributed by atoms with van der Waals surface area (Å²) in [6, 6.07) is 2.27. The van der Waals surface area contributed by atoms with Gasteiger partial charge >= 0.3 is 0 Å². The summed E-state index contributed by atoms with van der Waals surface area (Å²) in [6.07, 6.45) is 6.18. The second-order valence-corrected chi connectivity index (χ2v) is 5.29. The van der Waals surface area contributed by atoms with Gasteiger partial charge in [-0.1, -0.05) is 12.8 Å². The number of carbonyl (C=O) groups is 1. The van der Waals surface area contributed by atoms with Gasteiger partial charge in [-0.2, -0.15) is 5.10 Å². The average molecular weight is 258 g/mol. The van der Waals surface area contributed by atoms with E-state index >= 15 is 0 Å². The van der Waals surface area contributed by atoms with Crippen LogP contribution in [0.5, 0.6) is 0 Å². The number of nitrogens with one attached hydrogen (secondary N) is 1.